The van der Waals surface area contributed by atoms with Gasteiger partial charge >= 0.3 is 21.7 Å². The van der Waals surface area contributed by atoms with Crippen LogP contribution in [0.25, 0.3) is 0 Å². The van der Waals surface area contributed by atoms with E-state index in [1.165, 1.54) is 11.1 Å². The van der Waals surface area contributed by atoms with E-state index in [2.05, 4.69) is 65.1 Å². The van der Waals surface area contributed by atoms with E-state index < -0.39 is 8.07 Å². The van der Waals surface area contributed by atoms with Crippen LogP contribution >= 0.6 is 0 Å². The summed E-state index contributed by atoms with van der Waals surface area (Å²) in [5.74, 6) is 0.982. The molecule has 4 heteroatoms. The molecule has 0 N–H and O–H groups in total. The maximum Gasteiger partial charge on any atom is 4.00 e. The number of allylic oxidation sites excluding steroid dienone is 8. The van der Waals surface area contributed by atoms with Crippen molar-refractivity contribution in [2.45, 2.75) is 53.6 Å². The van der Waals surface area contributed by atoms with E-state index in [0.29, 0.717) is 11.8 Å². The maximum absolute atomic E-state index is 3.73. The number of rotatable bonds is 4. The molecule has 2 aliphatic carbocycles. The topological polar surface area (TPSA) is 0 Å². The summed E-state index contributed by atoms with van der Waals surface area (Å²) in [6, 6.07) is 0. The molecule has 0 heterocycles. The van der Waals surface area contributed by atoms with Crippen molar-refractivity contribution in [3.63, 3.8) is 0 Å². The summed E-state index contributed by atoms with van der Waals surface area (Å²) in [5.41, 5.74) is 3.07. The molecule has 0 aromatic rings. The Hall–Kier alpha value is 0.471. The maximum atomic E-state index is 3.73. The molecule has 0 aromatic carbocycles. The molecule has 0 aromatic heterocycles. The van der Waals surface area contributed by atoms with Crippen molar-refractivity contribution in [3.8, 4) is 0 Å². The first-order valence-electron chi connectivity index (χ1n) is 7.60. The minimum Gasteiger partial charge on any atom is -1.00 e. The first kappa shape index (κ1) is 24.7. The zero-order chi connectivity index (χ0) is 14.2. The molecule has 0 amide bonds. The summed E-state index contributed by atoms with van der Waals surface area (Å²) < 4.78 is 0. The van der Waals surface area contributed by atoms with Crippen LogP contribution in [0.5, 0.6) is 0 Å². The summed E-state index contributed by atoms with van der Waals surface area (Å²) in [4.78, 5) is 0. The number of hydrogen-bond donors (Lipinski definition) is 0. The minimum absolute atomic E-state index is 0. The average Bonchev–Trinajstić information content (AvgIpc) is 2.92. The SMILES string of the molecule is CCC1=CC(C)[C-]=C1[Si](C)(C)C1=[C-]C(C)C=C1CC.[Cl-].[Cl-].[Ti+4]. The fourth-order valence-electron chi connectivity index (χ4n) is 3.37. The molecular weight excluding hydrogens is 363 g/mol. The van der Waals surface area contributed by atoms with E-state index in [1.54, 1.807) is 10.4 Å². The normalized spacial score (nSPS) is 23.4. The van der Waals surface area contributed by atoms with Crippen LogP contribution in [0.3, 0.4) is 0 Å². The van der Waals surface area contributed by atoms with Gasteiger partial charge in [-0.1, -0.05) is 65.5 Å². The molecule has 0 saturated heterocycles. The number of halogens is 2. The molecule has 0 bridgehead atoms. The summed E-state index contributed by atoms with van der Waals surface area (Å²) in [5, 5.41) is 3.08. The zero-order valence-corrected chi connectivity index (χ0v) is 18.6. The monoisotopic (exact) mass is 388 g/mol. The van der Waals surface area contributed by atoms with Crippen LogP contribution in [-0.2, 0) is 21.7 Å². The number of hydrogen-bond acceptors (Lipinski definition) is 0. The first-order valence-corrected chi connectivity index (χ1v) is 10.6. The quantitative estimate of drug-likeness (QED) is 0.437. The van der Waals surface area contributed by atoms with Crippen LogP contribution in [0, 0.1) is 24.0 Å². The molecular formula is C18H26Cl2SiTi. The van der Waals surface area contributed by atoms with Gasteiger partial charge < -0.3 is 24.8 Å². The second-order valence-electron chi connectivity index (χ2n) is 6.33. The van der Waals surface area contributed by atoms with Gasteiger partial charge in [0.15, 0.2) is 0 Å². The van der Waals surface area contributed by atoms with E-state index in [0.717, 1.165) is 12.8 Å². The van der Waals surface area contributed by atoms with Gasteiger partial charge in [-0.2, -0.15) is 12.2 Å². The van der Waals surface area contributed by atoms with Crippen LogP contribution < -0.4 is 24.8 Å². The molecule has 0 saturated carbocycles. The summed E-state index contributed by atoms with van der Waals surface area (Å²) in [7, 11) is -1.61. The van der Waals surface area contributed by atoms with Gasteiger partial charge in [-0.25, -0.2) is 21.5 Å². The van der Waals surface area contributed by atoms with Crippen molar-refractivity contribution in [2.75, 3.05) is 0 Å². The molecule has 2 aliphatic rings. The Morgan fingerprint density at radius 2 is 1.18 bits per heavy atom. The Morgan fingerprint density at radius 3 is 1.45 bits per heavy atom. The van der Waals surface area contributed by atoms with Gasteiger partial charge in [0.05, 0.1) is 0 Å². The molecule has 0 aliphatic heterocycles. The van der Waals surface area contributed by atoms with Gasteiger partial charge in [-0.3, -0.25) is 12.2 Å². The Balaban J connectivity index is 0. The van der Waals surface area contributed by atoms with Gasteiger partial charge in [0.2, 0.25) is 0 Å². The molecule has 2 atom stereocenters. The molecule has 0 nitrogen and oxygen atoms in total. The molecule has 120 valence electrons. The standard InChI is InChI=1S/C18H26Si.2ClH.Ti/c1-7-15-9-13(3)11-17(15)19(5,6)18-12-14(4)10-16(18)8-2;;;/h9-10,13-14H,7-8H2,1-6H3;2*1H;/q-2;;;+4/p-2. The molecule has 22 heavy (non-hydrogen) atoms. The van der Waals surface area contributed by atoms with Crippen LogP contribution in [-0.4, -0.2) is 8.07 Å². The first-order chi connectivity index (χ1) is 8.90. The smallest absolute Gasteiger partial charge is 1.00 e. The fraction of sp³-hybridized carbons (Fsp3) is 0.556. The van der Waals surface area contributed by atoms with Crippen LogP contribution in [0.4, 0.5) is 0 Å². The predicted octanol–water partition coefficient (Wildman–Crippen LogP) is -0.790. The Bertz CT molecular complexity index is 457. The Morgan fingerprint density at radius 1 is 0.864 bits per heavy atom. The van der Waals surface area contributed by atoms with Gasteiger partial charge in [0.1, 0.15) is 0 Å². The van der Waals surface area contributed by atoms with E-state index >= 15 is 0 Å². The average molecular weight is 389 g/mol. The third kappa shape index (κ3) is 4.74. The Kier molecular flexibility index (Phi) is 10.9. The van der Waals surface area contributed by atoms with E-state index in [-0.39, 0.29) is 46.5 Å². The summed E-state index contributed by atoms with van der Waals surface area (Å²) in [6.07, 6.45) is 14.5. The molecule has 2 rings (SSSR count). The third-order valence-corrected chi connectivity index (χ3v) is 7.73. The van der Waals surface area contributed by atoms with Gasteiger partial charge in [0.25, 0.3) is 0 Å². The van der Waals surface area contributed by atoms with Crippen molar-refractivity contribution >= 4 is 8.07 Å². The van der Waals surface area contributed by atoms with E-state index in [1.807, 2.05) is 0 Å². The molecule has 0 fully saturated rings. The van der Waals surface area contributed by atoms with Crippen LogP contribution in [0.2, 0.25) is 13.1 Å². The van der Waals surface area contributed by atoms with Gasteiger partial charge in [-0.05, 0) is 0 Å². The van der Waals surface area contributed by atoms with E-state index in [4.69, 9.17) is 0 Å². The second kappa shape index (κ2) is 9.69. The summed E-state index contributed by atoms with van der Waals surface area (Å²) in [6.45, 7) is 14.0. The largest absolute Gasteiger partial charge is 4.00 e. The van der Waals surface area contributed by atoms with Crippen LogP contribution in [0.15, 0.2) is 33.7 Å². The van der Waals surface area contributed by atoms with Crippen molar-refractivity contribution in [2.24, 2.45) is 11.8 Å². The Labute approximate surface area is 165 Å². The van der Waals surface area contributed by atoms with Gasteiger partial charge in [0, 0.05) is 8.07 Å². The zero-order valence-electron chi connectivity index (χ0n) is 14.5. The molecule has 0 spiro atoms. The van der Waals surface area contributed by atoms with Gasteiger partial charge in [-0.15, -0.1) is 0 Å². The van der Waals surface area contributed by atoms with Crippen molar-refractivity contribution in [1.29, 1.82) is 0 Å². The second-order valence-corrected chi connectivity index (χ2v) is 10.6. The molecule has 0 radical (unpaired) electrons. The van der Waals surface area contributed by atoms with Crippen LogP contribution in [0.1, 0.15) is 40.5 Å². The minimum atomic E-state index is -1.61. The summed E-state index contributed by atoms with van der Waals surface area (Å²) >= 11 is 0. The van der Waals surface area contributed by atoms with Crippen molar-refractivity contribution in [1.82, 2.24) is 0 Å². The third-order valence-electron chi connectivity index (χ3n) is 4.30. The fourth-order valence-corrected chi connectivity index (χ4v) is 6.92. The van der Waals surface area contributed by atoms with Crippen molar-refractivity contribution in [3.05, 3.63) is 45.8 Å². The van der Waals surface area contributed by atoms with Crippen molar-refractivity contribution < 1.29 is 46.5 Å². The predicted molar refractivity (Wildman–Crippen MR) is 86.1 cm³/mol. The molecule has 2 unspecified atom stereocenters. The van der Waals surface area contributed by atoms with E-state index in [9.17, 15) is 0 Å².